The summed E-state index contributed by atoms with van der Waals surface area (Å²) in [5.74, 6) is -3.59. The fraction of sp³-hybridized carbons (Fsp3) is 0.286. The van der Waals surface area contributed by atoms with Gasteiger partial charge < -0.3 is 4.74 Å². The Kier molecular flexibility index (Phi) is 4.02. The summed E-state index contributed by atoms with van der Waals surface area (Å²) in [6, 6.07) is 5.52. The lowest BCUT2D eigenvalue weighted by Crippen LogP contribution is -2.60. The lowest BCUT2D eigenvalue weighted by molar-refractivity contribution is -0.140. The Morgan fingerprint density at radius 3 is 2.57 bits per heavy atom. The first-order chi connectivity index (χ1) is 9.97. The lowest BCUT2D eigenvalue weighted by atomic mass is 10.00. The van der Waals surface area contributed by atoms with Crippen molar-refractivity contribution in [3.05, 3.63) is 24.3 Å². The van der Waals surface area contributed by atoms with Gasteiger partial charge >= 0.3 is 6.03 Å². The minimum atomic E-state index is -1.52. The summed E-state index contributed by atoms with van der Waals surface area (Å²) in [5, 5.41) is 2.01. The number of amides is 4. The fourth-order valence-electron chi connectivity index (χ4n) is 2.08. The van der Waals surface area contributed by atoms with Crippen molar-refractivity contribution in [1.29, 1.82) is 0 Å². The van der Waals surface area contributed by atoms with E-state index in [-0.39, 0.29) is 5.69 Å². The van der Waals surface area contributed by atoms with Crippen molar-refractivity contribution >= 4 is 29.3 Å². The Morgan fingerprint density at radius 1 is 1.29 bits per heavy atom. The normalized spacial score (nSPS) is 18.5. The van der Waals surface area contributed by atoms with Crippen molar-refractivity contribution in [2.75, 3.05) is 11.5 Å². The number of ether oxygens (including phenoxy) is 1. The number of para-hydroxylation sites is 2. The number of barbiturate groups is 1. The van der Waals surface area contributed by atoms with Gasteiger partial charge in [-0.15, -0.1) is 0 Å². The molecule has 4 amide bonds. The zero-order valence-electron chi connectivity index (χ0n) is 11.6. The van der Waals surface area contributed by atoms with Crippen molar-refractivity contribution in [3.63, 3.8) is 0 Å². The number of carbonyl (C=O) groups is 4. The van der Waals surface area contributed by atoms with E-state index in [1.54, 1.807) is 25.1 Å². The molecule has 0 aliphatic carbocycles. The van der Waals surface area contributed by atoms with Crippen LogP contribution >= 0.6 is 0 Å². The van der Waals surface area contributed by atoms with Crippen molar-refractivity contribution in [3.8, 4) is 5.75 Å². The van der Waals surface area contributed by atoms with E-state index >= 15 is 0 Å². The maximum atomic E-state index is 12.3. The summed E-state index contributed by atoms with van der Waals surface area (Å²) in [6.45, 7) is 3.23. The first-order valence-corrected chi connectivity index (χ1v) is 6.38. The summed E-state index contributed by atoms with van der Waals surface area (Å²) in [6.07, 6.45) is 0. The van der Waals surface area contributed by atoms with E-state index in [2.05, 4.69) is 0 Å². The molecule has 7 nitrogen and oxygen atoms in total. The van der Waals surface area contributed by atoms with Gasteiger partial charge in [-0.05, 0) is 26.0 Å². The van der Waals surface area contributed by atoms with Crippen LogP contribution in [-0.2, 0) is 14.4 Å². The third-order valence-electron chi connectivity index (χ3n) is 2.98. The molecule has 1 aliphatic heterocycles. The van der Waals surface area contributed by atoms with Gasteiger partial charge in [0.2, 0.25) is 5.91 Å². The van der Waals surface area contributed by atoms with Crippen LogP contribution in [0.4, 0.5) is 10.5 Å². The summed E-state index contributed by atoms with van der Waals surface area (Å²) >= 11 is 0. The Bertz CT molecular complexity index is 626. The number of benzene rings is 1. The van der Waals surface area contributed by atoms with Crippen LogP contribution in [0.5, 0.6) is 5.75 Å². The van der Waals surface area contributed by atoms with E-state index in [9.17, 15) is 19.2 Å². The van der Waals surface area contributed by atoms with Crippen LogP contribution in [0.1, 0.15) is 13.8 Å². The Labute approximate surface area is 120 Å². The molecule has 1 saturated heterocycles. The molecule has 1 aromatic rings. The molecule has 1 heterocycles. The number of hydrogen-bond donors (Lipinski definition) is 1. The molecular formula is C14H14N2O5. The standard InChI is InChI=1S/C14H14N2O5/c1-3-21-10-7-5-4-6-9(10)16-13(19)11(8(2)17)12(18)15-14(16)20/h4-7,11H,3H2,1-2H3,(H,15,18,20)/t11-/m0/s1. The van der Waals surface area contributed by atoms with E-state index in [4.69, 9.17) is 4.74 Å². The van der Waals surface area contributed by atoms with Crippen LogP contribution in [0, 0.1) is 5.92 Å². The second-order valence-electron chi connectivity index (χ2n) is 4.41. The second kappa shape index (κ2) is 5.74. The molecule has 1 aromatic carbocycles. The fourth-order valence-corrected chi connectivity index (χ4v) is 2.08. The van der Waals surface area contributed by atoms with Gasteiger partial charge in [-0.1, -0.05) is 12.1 Å². The summed E-state index contributed by atoms with van der Waals surface area (Å²) in [7, 11) is 0. The Morgan fingerprint density at radius 2 is 1.95 bits per heavy atom. The van der Waals surface area contributed by atoms with Crippen LogP contribution in [-0.4, -0.2) is 30.2 Å². The third-order valence-corrected chi connectivity index (χ3v) is 2.98. The molecular weight excluding hydrogens is 276 g/mol. The molecule has 2 rings (SSSR count). The van der Waals surface area contributed by atoms with E-state index in [0.29, 0.717) is 12.4 Å². The zero-order chi connectivity index (χ0) is 15.6. The van der Waals surface area contributed by atoms with Crippen molar-refractivity contribution < 1.29 is 23.9 Å². The maximum absolute atomic E-state index is 12.3. The molecule has 110 valence electrons. The van der Waals surface area contributed by atoms with Gasteiger partial charge in [-0.3, -0.25) is 19.7 Å². The molecule has 1 fully saturated rings. The number of hydrogen-bond acceptors (Lipinski definition) is 5. The Balaban J connectivity index is 2.47. The van der Waals surface area contributed by atoms with Crippen LogP contribution < -0.4 is 15.0 Å². The monoisotopic (exact) mass is 290 g/mol. The molecule has 7 heteroatoms. The average molecular weight is 290 g/mol. The Hall–Kier alpha value is -2.70. The first kappa shape index (κ1) is 14.7. The van der Waals surface area contributed by atoms with Gasteiger partial charge in [0.25, 0.3) is 5.91 Å². The predicted molar refractivity (Wildman–Crippen MR) is 72.8 cm³/mol. The minimum Gasteiger partial charge on any atom is -0.492 e. The summed E-state index contributed by atoms with van der Waals surface area (Å²) in [4.78, 5) is 48.1. The SMILES string of the molecule is CCOc1ccccc1N1C(=O)NC(=O)[C@H](C(C)=O)C1=O. The molecule has 21 heavy (non-hydrogen) atoms. The highest BCUT2D eigenvalue weighted by Crippen LogP contribution is 2.30. The number of carbonyl (C=O) groups excluding carboxylic acids is 4. The van der Waals surface area contributed by atoms with Gasteiger partial charge in [0, 0.05) is 0 Å². The highest BCUT2D eigenvalue weighted by molar-refractivity contribution is 6.34. The summed E-state index contributed by atoms with van der Waals surface area (Å²) < 4.78 is 5.37. The molecule has 0 radical (unpaired) electrons. The third kappa shape index (κ3) is 2.62. The number of urea groups is 1. The molecule has 0 spiro atoms. The van der Waals surface area contributed by atoms with Crippen molar-refractivity contribution in [2.45, 2.75) is 13.8 Å². The average Bonchev–Trinajstić information content (AvgIpc) is 2.39. The van der Waals surface area contributed by atoms with Gasteiger partial charge in [-0.2, -0.15) is 0 Å². The number of rotatable bonds is 4. The van der Waals surface area contributed by atoms with E-state index in [1.807, 2.05) is 5.32 Å². The number of ketones is 1. The van der Waals surface area contributed by atoms with Crippen LogP contribution in [0.3, 0.4) is 0 Å². The first-order valence-electron chi connectivity index (χ1n) is 6.38. The van der Waals surface area contributed by atoms with E-state index in [1.165, 1.54) is 6.07 Å². The summed E-state index contributed by atoms with van der Waals surface area (Å²) in [5.41, 5.74) is 0.195. The van der Waals surface area contributed by atoms with Crippen LogP contribution in [0.25, 0.3) is 0 Å². The second-order valence-corrected chi connectivity index (χ2v) is 4.41. The van der Waals surface area contributed by atoms with Crippen molar-refractivity contribution in [1.82, 2.24) is 5.32 Å². The van der Waals surface area contributed by atoms with Crippen molar-refractivity contribution in [2.24, 2.45) is 5.92 Å². The highest BCUT2D eigenvalue weighted by atomic mass is 16.5. The van der Waals surface area contributed by atoms with E-state index < -0.39 is 29.5 Å². The smallest absolute Gasteiger partial charge is 0.335 e. The number of nitrogens with zero attached hydrogens (tertiary/aromatic N) is 1. The number of Topliss-reactive ketones (excluding diaryl/α,β-unsaturated/α-hetero) is 1. The predicted octanol–water partition coefficient (Wildman–Crippen LogP) is 0.873. The number of nitrogens with one attached hydrogen (secondary N) is 1. The van der Waals surface area contributed by atoms with Gasteiger partial charge in [0.1, 0.15) is 5.75 Å². The maximum Gasteiger partial charge on any atom is 0.335 e. The van der Waals surface area contributed by atoms with Gasteiger partial charge in [0.15, 0.2) is 11.7 Å². The van der Waals surface area contributed by atoms with Crippen LogP contribution in [0.2, 0.25) is 0 Å². The minimum absolute atomic E-state index is 0.195. The molecule has 0 aromatic heterocycles. The van der Waals surface area contributed by atoms with E-state index in [0.717, 1.165) is 11.8 Å². The largest absolute Gasteiger partial charge is 0.492 e. The molecule has 1 atom stereocenters. The number of imide groups is 2. The molecule has 1 aliphatic rings. The highest BCUT2D eigenvalue weighted by Gasteiger charge is 2.44. The quantitative estimate of drug-likeness (QED) is 0.831. The van der Waals surface area contributed by atoms with Gasteiger partial charge in [0.05, 0.1) is 12.3 Å². The number of anilines is 1. The zero-order valence-corrected chi connectivity index (χ0v) is 11.6. The van der Waals surface area contributed by atoms with Crippen LogP contribution in [0.15, 0.2) is 24.3 Å². The lowest BCUT2D eigenvalue weighted by Gasteiger charge is -2.29. The molecule has 0 unspecified atom stereocenters. The molecule has 0 saturated carbocycles. The molecule has 0 bridgehead atoms. The van der Waals surface area contributed by atoms with Gasteiger partial charge in [-0.25, -0.2) is 9.69 Å². The topological polar surface area (TPSA) is 92.8 Å². The molecule has 1 N–H and O–H groups in total.